The van der Waals surface area contributed by atoms with Gasteiger partial charge in [-0.15, -0.1) is 0 Å². The van der Waals surface area contributed by atoms with Gasteiger partial charge in [-0.05, 0) is 42.9 Å². The van der Waals surface area contributed by atoms with Crippen LogP contribution < -0.4 is 0 Å². The molecule has 2 heteroatoms. The van der Waals surface area contributed by atoms with Crippen molar-refractivity contribution in [3.63, 3.8) is 0 Å². The lowest BCUT2D eigenvalue weighted by Gasteiger charge is -2.27. The van der Waals surface area contributed by atoms with E-state index in [0.29, 0.717) is 5.92 Å². The van der Waals surface area contributed by atoms with Crippen molar-refractivity contribution in [2.24, 2.45) is 5.92 Å². The summed E-state index contributed by atoms with van der Waals surface area (Å²) in [5.41, 5.74) is 2.07. The molecule has 16 heavy (non-hydrogen) atoms. The van der Waals surface area contributed by atoms with Gasteiger partial charge in [0.2, 0.25) is 0 Å². The molecule has 1 saturated carbocycles. The summed E-state index contributed by atoms with van der Waals surface area (Å²) >= 11 is 5.99. The highest BCUT2D eigenvalue weighted by atomic mass is 35.5. The normalized spacial score (nSPS) is 19.7. The van der Waals surface area contributed by atoms with Gasteiger partial charge in [0, 0.05) is 5.02 Å². The number of halogens is 1. The number of hydrogen-bond acceptors (Lipinski definition) is 1. The van der Waals surface area contributed by atoms with E-state index in [2.05, 4.69) is 0 Å². The number of aliphatic hydroxyl groups excluding tert-OH is 1. The molecule has 0 bridgehead atoms. The molecular formula is C14H19ClO. The molecule has 88 valence electrons. The van der Waals surface area contributed by atoms with Crippen molar-refractivity contribution in [2.45, 2.75) is 45.1 Å². The van der Waals surface area contributed by atoms with Gasteiger partial charge in [-0.1, -0.05) is 43.0 Å². The Morgan fingerprint density at radius 1 is 1.25 bits per heavy atom. The molecule has 0 heterocycles. The van der Waals surface area contributed by atoms with Crippen LogP contribution in [0.5, 0.6) is 0 Å². The van der Waals surface area contributed by atoms with Gasteiger partial charge in [-0.3, -0.25) is 0 Å². The highest BCUT2D eigenvalue weighted by Crippen LogP contribution is 2.35. The Kier molecular flexibility index (Phi) is 3.88. The highest BCUT2D eigenvalue weighted by molar-refractivity contribution is 6.31. The smallest absolute Gasteiger partial charge is 0.0818 e. The first-order chi connectivity index (χ1) is 7.68. The van der Waals surface area contributed by atoms with Crippen LogP contribution in [0.25, 0.3) is 0 Å². The van der Waals surface area contributed by atoms with Gasteiger partial charge in [0.25, 0.3) is 0 Å². The number of rotatable bonds is 2. The largest absolute Gasteiger partial charge is 0.388 e. The molecule has 1 aliphatic rings. The van der Waals surface area contributed by atoms with Crippen LogP contribution in [-0.4, -0.2) is 5.11 Å². The number of hydrogen-bond donors (Lipinski definition) is 1. The molecule has 2 rings (SSSR count). The van der Waals surface area contributed by atoms with Crippen LogP contribution in [0, 0.1) is 12.8 Å². The number of aryl methyl sites for hydroxylation is 1. The fourth-order valence-electron chi connectivity index (χ4n) is 2.57. The van der Waals surface area contributed by atoms with Gasteiger partial charge in [-0.2, -0.15) is 0 Å². The van der Waals surface area contributed by atoms with Crippen LogP contribution in [-0.2, 0) is 0 Å². The Bertz CT molecular complexity index is 356. The fourth-order valence-corrected chi connectivity index (χ4v) is 2.69. The molecule has 1 aromatic rings. The lowest BCUT2D eigenvalue weighted by Crippen LogP contribution is -2.16. The second kappa shape index (κ2) is 5.20. The molecule has 1 fully saturated rings. The first-order valence-electron chi connectivity index (χ1n) is 6.12. The summed E-state index contributed by atoms with van der Waals surface area (Å²) in [5, 5.41) is 11.1. The summed E-state index contributed by atoms with van der Waals surface area (Å²) < 4.78 is 0. The molecule has 1 aromatic carbocycles. The molecule has 0 radical (unpaired) electrons. The molecule has 1 atom stereocenters. The summed E-state index contributed by atoms with van der Waals surface area (Å²) in [5.74, 6) is 0.439. The van der Waals surface area contributed by atoms with E-state index in [-0.39, 0.29) is 6.10 Å². The van der Waals surface area contributed by atoms with Crippen molar-refractivity contribution in [1.29, 1.82) is 0 Å². The van der Waals surface area contributed by atoms with Gasteiger partial charge < -0.3 is 5.11 Å². The first-order valence-corrected chi connectivity index (χ1v) is 6.50. The van der Waals surface area contributed by atoms with Crippen molar-refractivity contribution in [3.8, 4) is 0 Å². The van der Waals surface area contributed by atoms with Gasteiger partial charge in [-0.25, -0.2) is 0 Å². The standard InChI is InChI=1S/C14H19ClO/c1-10-9-12(7-8-13(10)15)14(16)11-5-3-2-4-6-11/h7-9,11,14,16H,2-6H2,1H3. The van der Waals surface area contributed by atoms with Crippen LogP contribution in [0.4, 0.5) is 0 Å². The highest BCUT2D eigenvalue weighted by Gasteiger charge is 2.23. The average molecular weight is 239 g/mol. The quantitative estimate of drug-likeness (QED) is 0.816. The van der Waals surface area contributed by atoms with E-state index in [1.165, 1.54) is 19.3 Å². The lowest BCUT2D eigenvalue weighted by molar-refractivity contribution is 0.0848. The molecule has 0 saturated heterocycles. The van der Waals surface area contributed by atoms with Crippen LogP contribution in [0.15, 0.2) is 18.2 Å². The summed E-state index contributed by atoms with van der Waals surface area (Å²) in [4.78, 5) is 0. The minimum atomic E-state index is -0.309. The molecule has 1 N–H and O–H groups in total. The summed E-state index contributed by atoms with van der Waals surface area (Å²) in [6, 6.07) is 5.86. The van der Waals surface area contributed by atoms with Crippen molar-refractivity contribution in [2.75, 3.05) is 0 Å². The molecule has 1 unspecified atom stereocenters. The molecule has 1 nitrogen and oxygen atoms in total. The van der Waals surface area contributed by atoms with E-state index < -0.39 is 0 Å². The number of aliphatic hydroxyl groups is 1. The molecule has 1 aliphatic carbocycles. The maximum Gasteiger partial charge on any atom is 0.0818 e. The topological polar surface area (TPSA) is 20.2 Å². The Hall–Kier alpha value is -0.530. The van der Waals surface area contributed by atoms with Crippen molar-refractivity contribution in [3.05, 3.63) is 34.3 Å². The Labute approximate surface area is 102 Å². The van der Waals surface area contributed by atoms with Crippen molar-refractivity contribution < 1.29 is 5.11 Å². The molecule has 0 aliphatic heterocycles. The maximum absolute atomic E-state index is 10.3. The van der Waals surface area contributed by atoms with Crippen molar-refractivity contribution in [1.82, 2.24) is 0 Å². The van der Waals surface area contributed by atoms with Crippen molar-refractivity contribution >= 4 is 11.6 Å². The average Bonchev–Trinajstić information content (AvgIpc) is 2.33. The SMILES string of the molecule is Cc1cc(C(O)C2CCCCC2)ccc1Cl. The third-order valence-electron chi connectivity index (χ3n) is 3.62. The van der Waals surface area contributed by atoms with E-state index in [4.69, 9.17) is 11.6 Å². The van der Waals surface area contributed by atoms with Gasteiger partial charge >= 0.3 is 0 Å². The third kappa shape index (κ3) is 2.58. The lowest BCUT2D eigenvalue weighted by atomic mass is 9.82. The summed E-state index contributed by atoms with van der Waals surface area (Å²) in [7, 11) is 0. The minimum Gasteiger partial charge on any atom is -0.388 e. The Balaban J connectivity index is 2.12. The molecule has 0 spiro atoms. The van der Waals surface area contributed by atoms with Gasteiger partial charge in [0.05, 0.1) is 6.10 Å². The molecular weight excluding hydrogens is 220 g/mol. The Morgan fingerprint density at radius 3 is 2.56 bits per heavy atom. The van der Waals surface area contributed by atoms with Crippen LogP contribution in [0.3, 0.4) is 0 Å². The second-order valence-electron chi connectivity index (χ2n) is 4.85. The van der Waals surface area contributed by atoms with Gasteiger partial charge in [0.1, 0.15) is 0 Å². The zero-order valence-electron chi connectivity index (χ0n) is 9.75. The van der Waals surface area contributed by atoms with Crippen LogP contribution >= 0.6 is 11.6 Å². The van der Waals surface area contributed by atoms with Crippen LogP contribution in [0.2, 0.25) is 5.02 Å². The predicted molar refractivity (Wildman–Crippen MR) is 67.7 cm³/mol. The van der Waals surface area contributed by atoms with E-state index >= 15 is 0 Å². The van der Waals surface area contributed by atoms with E-state index in [1.54, 1.807) is 0 Å². The molecule has 0 amide bonds. The first kappa shape index (κ1) is 11.9. The van der Waals surface area contributed by atoms with Gasteiger partial charge in [0.15, 0.2) is 0 Å². The van der Waals surface area contributed by atoms with E-state index in [1.807, 2.05) is 25.1 Å². The monoisotopic (exact) mass is 238 g/mol. The summed E-state index contributed by atoms with van der Waals surface area (Å²) in [6.45, 7) is 1.99. The second-order valence-corrected chi connectivity index (χ2v) is 5.26. The zero-order chi connectivity index (χ0) is 11.5. The molecule has 0 aromatic heterocycles. The Morgan fingerprint density at radius 2 is 1.94 bits per heavy atom. The third-order valence-corrected chi connectivity index (χ3v) is 4.04. The zero-order valence-corrected chi connectivity index (χ0v) is 10.5. The van der Waals surface area contributed by atoms with E-state index in [9.17, 15) is 5.11 Å². The number of benzene rings is 1. The maximum atomic E-state index is 10.3. The predicted octanol–water partition coefficient (Wildman–Crippen LogP) is 4.26. The van der Waals surface area contributed by atoms with E-state index in [0.717, 1.165) is 29.0 Å². The van der Waals surface area contributed by atoms with Crippen LogP contribution in [0.1, 0.15) is 49.3 Å². The minimum absolute atomic E-state index is 0.309. The summed E-state index contributed by atoms with van der Waals surface area (Å²) in [6.07, 6.45) is 5.84. The fraction of sp³-hybridized carbons (Fsp3) is 0.571.